The first kappa shape index (κ1) is 11.1. The Morgan fingerprint density at radius 2 is 2.19 bits per heavy atom. The lowest BCUT2D eigenvalue weighted by molar-refractivity contribution is -0.385. The molecular formula is C8H3BrFN3O2S. The Labute approximate surface area is 101 Å². The van der Waals surface area contributed by atoms with Gasteiger partial charge in [-0.25, -0.2) is 4.39 Å². The summed E-state index contributed by atoms with van der Waals surface area (Å²) in [5.74, 6) is -0.683. The molecule has 8 heteroatoms. The van der Waals surface area contributed by atoms with Crippen molar-refractivity contribution in [3.8, 4) is 10.6 Å². The predicted octanol–water partition coefficient (Wildman–Crippen LogP) is 3.01. The minimum Gasteiger partial charge on any atom is -0.258 e. The van der Waals surface area contributed by atoms with Crippen molar-refractivity contribution < 1.29 is 9.31 Å². The van der Waals surface area contributed by atoms with E-state index in [1.807, 2.05) is 0 Å². The van der Waals surface area contributed by atoms with Crippen LogP contribution in [0.3, 0.4) is 0 Å². The molecule has 2 rings (SSSR count). The van der Waals surface area contributed by atoms with E-state index in [2.05, 4.69) is 26.1 Å². The van der Waals surface area contributed by atoms with Crippen molar-refractivity contribution in [1.82, 2.24) is 10.2 Å². The average molecular weight is 304 g/mol. The number of nitrogens with zero attached hydrogens (tertiary/aromatic N) is 3. The lowest BCUT2D eigenvalue weighted by Gasteiger charge is -1.97. The van der Waals surface area contributed by atoms with E-state index < -0.39 is 10.7 Å². The molecule has 0 fully saturated rings. The number of non-ortho nitro benzene ring substituents is 1. The van der Waals surface area contributed by atoms with Crippen molar-refractivity contribution in [2.75, 3.05) is 0 Å². The number of nitro benzene ring substituents is 1. The minimum atomic E-state index is -0.683. The molecule has 82 valence electrons. The van der Waals surface area contributed by atoms with Crippen LogP contribution in [0, 0.1) is 15.9 Å². The van der Waals surface area contributed by atoms with Gasteiger partial charge in [0.2, 0.25) is 0 Å². The molecule has 1 heterocycles. The number of benzene rings is 1. The number of hydrogen-bond donors (Lipinski definition) is 0. The smallest absolute Gasteiger partial charge is 0.258 e. The van der Waals surface area contributed by atoms with Gasteiger partial charge in [0.25, 0.3) is 5.69 Å². The van der Waals surface area contributed by atoms with E-state index in [9.17, 15) is 14.5 Å². The van der Waals surface area contributed by atoms with Gasteiger partial charge >= 0.3 is 0 Å². The van der Waals surface area contributed by atoms with Gasteiger partial charge in [0.15, 0.2) is 8.92 Å². The maximum absolute atomic E-state index is 13.5. The van der Waals surface area contributed by atoms with Gasteiger partial charge in [-0.3, -0.25) is 10.1 Å². The Balaban J connectivity index is 2.47. The number of aromatic nitrogens is 2. The van der Waals surface area contributed by atoms with E-state index in [0.717, 1.165) is 17.4 Å². The van der Waals surface area contributed by atoms with E-state index >= 15 is 0 Å². The third kappa shape index (κ3) is 2.07. The first-order valence-corrected chi connectivity index (χ1v) is 5.62. The number of rotatable bonds is 2. The summed E-state index contributed by atoms with van der Waals surface area (Å²) in [5.41, 5.74) is -0.0846. The zero-order chi connectivity index (χ0) is 11.7. The molecule has 5 nitrogen and oxygen atoms in total. The van der Waals surface area contributed by atoms with Gasteiger partial charge in [-0.1, -0.05) is 11.3 Å². The summed E-state index contributed by atoms with van der Waals surface area (Å²) in [5, 5.41) is 18.2. The molecule has 0 saturated carbocycles. The molecule has 0 spiro atoms. The van der Waals surface area contributed by atoms with Crippen molar-refractivity contribution in [2.24, 2.45) is 0 Å². The normalized spacial score (nSPS) is 10.4. The molecule has 0 amide bonds. The summed E-state index contributed by atoms with van der Waals surface area (Å²) < 4.78 is 14.1. The highest BCUT2D eigenvalue weighted by atomic mass is 79.9. The fourth-order valence-electron chi connectivity index (χ4n) is 1.11. The first-order chi connectivity index (χ1) is 7.58. The molecule has 0 saturated heterocycles. The van der Waals surface area contributed by atoms with Crippen LogP contribution < -0.4 is 0 Å². The minimum absolute atomic E-state index is 0.203. The quantitative estimate of drug-likeness (QED) is 0.631. The van der Waals surface area contributed by atoms with Gasteiger partial charge in [-0.2, -0.15) is 0 Å². The Morgan fingerprint density at radius 1 is 1.44 bits per heavy atom. The Morgan fingerprint density at radius 3 is 2.69 bits per heavy atom. The van der Waals surface area contributed by atoms with Crippen LogP contribution in [0.4, 0.5) is 10.1 Å². The SMILES string of the molecule is O=[N+]([O-])c1ccc(-c2nnc(Br)s2)c(F)c1. The topological polar surface area (TPSA) is 68.9 Å². The molecule has 0 radical (unpaired) electrons. The van der Waals surface area contributed by atoms with Gasteiger partial charge in [-0.15, -0.1) is 10.2 Å². The molecule has 0 aliphatic carbocycles. The number of hydrogen-bond acceptors (Lipinski definition) is 5. The van der Waals surface area contributed by atoms with E-state index in [1.54, 1.807) is 0 Å². The zero-order valence-corrected chi connectivity index (χ0v) is 9.96. The summed E-state index contributed by atoms with van der Waals surface area (Å²) in [7, 11) is 0. The molecule has 0 aliphatic rings. The van der Waals surface area contributed by atoms with Crippen LogP contribution in [0.25, 0.3) is 10.6 Å². The molecule has 0 N–H and O–H groups in total. The highest BCUT2D eigenvalue weighted by Gasteiger charge is 2.14. The van der Waals surface area contributed by atoms with Crippen LogP contribution in [0.5, 0.6) is 0 Å². The second-order valence-electron chi connectivity index (χ2n) is 2.78. The molecule has 1 aromatic heterocycles. The van der Waals surface area contributed by atoms with E-state index in [1.165, 1.54) is 12.1 Å². The maximum atomic E-state index is 13.5. The summed E-state index contributed by atoms with van der Waals surface area (Å²) >= 11 is 4.26. The van der Waals surface area contributed by atoms with Gasteiger partial charge in [0, 0.05) is 11.6 Å². The lowest BCUT2D eigenvalue weighted by Crippen LogP contribution is -1.90. The molecular weight excluding hydrogens is 301 g/mol. The molecule has 0 aliphatic heterocycles. The molecule has 0 bridgehead atoms. The third-order valence-corrected chi connectivity index (χ3v) is 3.18. The van der Waals surface area contributed by atoms with Crippen molar-refractivity contribution >= 4 is 33.0 Å². The van der Waals surface area contributed by atoms with Crippen molar-refractivity contribution in [3.63, 3.8) is 0 Å². The Kier molecular flexibility index (Phi) is 2.92. The van der Waals surface area contributed by atoms with E-state index in [0.29, 0.717) is 8.92 Å². The number of halogens is 2. The maximum Gasteiger partial charge on any atom is 0.272 e. The van der Waals surface area contributed by atoms with Crippen LogP contribution in [0.1, 0.15) is 0 Å². The molecule has 1 aromatic carbocycles. The van der Waals surface area contributed by atoms with E-state index in [4.69, 9.17) is 0 Å². The monoisotopic (exact) mass is 303 g/mol. The fourth-order valence-corrected chi connectivity index (χ4v) is 2.24. The zero-order valence-electron chi connectivity index (χ0n) is 7.55. The van der Waals surface area contributed by atoms with Gasteiger partial charge < -0.3 is 0 Å². The molecule has 2 aromatic rings. The van der Waals surface area contributed by atoms with Crippen LogP contribution in [-0.4, -0.2) is 15.1 Å². The van der Waals surface area contributed by atoms with E-state index in [-0.39, 0.29) is 11.3 Å². The highest BCUT2D eigenvalue weighted by molar-refractivity contribution is 9.11. The lowest BCUT2D eigenvalue weighted by atomic mass is 10.2. The first-order valence-electron chi connectivity index (χ1n) is 4.01. The summed E-state index contributed by atoms with van der Waals surface area (Å²) in [6, 6.07) is 3.42. The largest absolute Gasteiger partial charge is 0.272 e. The summed E-state index contributed by atoms with van der Waals surface area (Å²) in [4.78, 5) is 9.76. The van der Waals surface area contributed by atoms with Crippen molar-refractivity contribution in [1.29, 1.82) is 0 Å². The number of nitro groups is 1. The second kappa shape index (κ2) is 4.22. The summed E-state index contributed by atoms with van der Waals surface area (Å²) in [6.45, 7) is 0. The van der Waals surface area contributed by atoms with Crippen LogP contribution in [0.15, 0.2) is 22.1 Å². The molecule has 0 unspecified atom stereocenters. The predicted molar refractivity (Wildman–Crippen MR) is 59.7 cm³/mol. The molecule has 16 heavy (non-hydrogen) atoms. The second-order valence-corrected chi connectivity index (χ2v) is 5.03. The van der Waals surface area contributed by atoms with Crippen LogP contribution in [0.2, 0.25) is 0 Å². The summed E-state index contributed by atoms with van der Waals surface area (Å²) in [6.07, 6.45) is 0. The van der Waals surface area contributed by atoms with Gasteiger partial charge in [-0.05, 0) is 22.0 Å². The average Bonchev–Trinajstić information content (AvgIpc) is 2.64. The van der Waals surface area contributed by atoms with Crippen molar-refractivity contribution in [3.05, 3.63) is 38.0 Å². The van der Waals surface area contributed by atoms with Crippen LogP contribution in [-0.2, 0) is 0 Å². The van der Waals surface area contributed by atoms with Gasteiger partial charge in [0.1, 0.15) is 5.82 Å². The fraction of sp³-hybridized carbons (Fsp3) is 0. The third-order valence-electron chi connectivity index (χ3n) is 1.79. The van der Waals surface area contributed by atoms with Crippen LogP contribution >= 0.6 is 27.3 Å². The van der Waals surface area contributed by atoms with Gasteiger partial charge in [0.05, 0.1) is 11.0 Å². The Bertz CT molecular complexity index is 560. The van der Waals surface area contributed by atoms with Crippen molar-refractivity contribution in [2.45, 2.75) is 0 Å². The highest BCUT2D eigenvalue weighted by Crippen LogP contribution is 2.30. The standard InChI is InChI=1S/C8H3BrFN3O2S/c9-8-12-11-7(16-8)5-2-1-4(13(14)15)3-6(5)10/h1-3H. The Hall–Kier alpha value is -1.41. The molecule has 0 atom stereocenters.